The first-order chi connectivity index (χ1) is 5.33. The minimum absolute atomic E-state index is 0.544. The van der Waals surface area contributed by atoms with Gasteiger partial charge in [0.15, 0.2) is 0 Å². The van der Waals surface area contributed by atoms with Crippen LogP contribution in [-0.2, 0) is 0 Å². The molecule has 2 heteroatoms. The lowest BCUT2D eigenvalue weighted by Crippen LogP contribution is -2.89. The van der Waals surface area contributed by atoms with Gasteiger partial charge in [-0.05, 0) is 18.1 Å². The van der Waals surface area contributed by atoms with E-state index in [1.54, 1.807) is 0 Å². The van der Waals surface area contributed by atoms with Gasteiger partial charge in [-0.15, -0.1) is 0 Å². The highest BCUT2D eigenvalue weighted by molar-refractivity contribution is 5.26. The lowest BCUT2D eigenvalue weighted by Gasteiger charge is -1.98. The van der Waals surface area contributed by atoms with Crippen molar-refractivity contribution < 1.29 is 5.43 Å². The van der Waals surface area contributed by atoms with Crippen molar-refractivity contribution in [3.05, 3.63) is 36.1 Å². The van der Waals surface area contributed by atoms with Crippen molar-refractivity contribution in [2.75, 3.05) is 7.05 Å². The van der Waals surface area contributed by atoms with Crippen LogP contribution >= 0.6 is 0 Å². The van der Waals surface area contributed by atoms with E-state index in [1.165, 1.54) is 0 Å². The molecule has 0 radical (unpaired) electrons. The van der Waals surface area contributed by atoms with Crippen molar-refractivity contribution in [3.63, 3.8) is 0 Å². The van der Waals surface area contributed by atoms with Gasteiger partial charge in [-0.3, -0.25) is 0 Å². The van der Waals surface area contributed by atoms with E-state index in [0.29, 0.717) is 5.92 Å². The average Bonchev–Trinajstić information content (AvgIpc) is 2.17. The summed E-state index contributed by atoms with van der Waals surface area (Å²) >= 11 is 0. The smallest absolute Gasteiger partial charge is 0.0872 e. The molecule has 0 heterocycles. The standard InChI is InChI=1S/C9H14N2/c1-8-4-3-5-9(7-6-8)11-10-2/h3-8,10-11H,1-2H3/p+1. The Kier molecular flexibility index (Phi) is 2.93. The molecule has 0 bridgehead atoms. The predicted octanol–water partition coefficient (Wildman–Crippen LogP) is 0.330. The summed E-state index contributed by atoms with van der Waals surface area (Å²) in [5.41, 5.74) is 6.22. The van der Waals surface area contributed by atoms with Crippen LogP contribution in [0.2, 0.25) is 0 Å². The zero-order valence-corrected chi connectivity index (χ0v) is 7.04. The molecule has 60 valence electrons. The van der Waals surface area contributed by atoms with Crippen LogP contribution in [0.4, 0.5) is 0 Å². The fraction of sp³-hybridized carbons (Fsp3) is 0.333. The van der Waals surface area contributed by atoms with Crippen molar-refractivity contribution in [1.29, 1.82) is 0 Å². The van der Waals surface area contributed by atoms with Gasteiger partial charge in [0.1, 0.15) is 0 Å². The van der Waals surface area contributed by atoms with Gasteiger partial charge in [0.05, 0.1) is 12.7 Å². The Morgan fingerprint density at radius 1 is 1.45 bits per heavy atom. The summed E-state index contributed by atoms with van der Waals surface area (Å²) in [4.78, 5) is 0. The minimum Gasteiger partial charge on any atom is -0.248 e. The van der Waals surface area contributed by atoms with Gasteiger partial charge < -0.3 is 0 Å². The molecule has 0 aliphatic heterocycles. The van der Waals surface area contributed by atoms with Crippen molar-refractivity contribution in [3.8, 4) is 0 Å². The zero-order valence-electron chi connectivity index (χ0n) is 7.04. The fourth-order valence-corrected chi connectivity index (χ4v) is 0.973. The largest absolute Gasteiger partial charge is 0.248 e. The first-order valence-corrected chi connectivity index (χ1v) is 3.94. The lowest BCUT2D eigenvalue weighted by atomic mass is 10.2. The van der Waals surface area contributed by atoms with E-state index in [-0.39, 0.29) is 0 Å². The predicted molar refractivity (Wildman–Crippen MR) is 46.5 cm³/mol. The third-order valence-electron chi connectivity index (χ3n) is 1.58. The van der Waals surface area contributed by atoms with E-state index in [2.05, 4.69) is 42.7 Å². The molecule has 0 fully saturated rings. The van der Waals surface area contributed by atoms with Gasteiger partial charge in [-0.25, -0.2) is 10.9 Å². The molecule has 2 nitrogen and oxygen atoms in total. The molecular formula is C9H15N2+. The van der Waals surface area contributed by atoms with E-state index < -0.39 is 0 Å². The van der Waals surface area contributed by atoms with Gasteiger partial charge in [0, 0.05) is 0 Å². The molecule has 0 aromatic carbocycles. The van der Waals surface area contributed by atoms with Crippen LogP contribution in [0.15, 0.2) is 36.1 Å². The maximum absolute atomic E-state index is 3.14. The SMILES string of the molecule is C[NH2+]NC1=CC=CC(C)C=C1. The topological polar surface area (TPSA) is 28.6 Å². The highest BCUT2D eigenvalue weighted by atomic mass is 15.3. The summed E-state index contributed by atoms with van der Waals surface area (Å²) < 4.78 is 0. The second-order valence-corrected chi connectivity index (χ2v) is 2.66. The Labute approximate surface area is 67.7 Å². The fourth-order valence-electron chi connectivity index (χ4n) is 0.973. The maximum Gasteiger partial charge on any atom is 0.0872 e. The number of nitrogens with one attached hydrogen (secondary N) is 1. The summed E-state index contributed by atoms with van der Waals surface area (Å²) in [6.45, 7) is 2.17. The second-order valence-electron chi connectivity index (χ2n) is 2.66. The number of allylic oxidation sites excluding steroid dienone is 5. The number of quaternary nitrogens is 1. The molecule has 0 saturated heterocycles. The molecule has 0 saturated carbocycles. The molecule has 1 atom stereocenters. The van der Waals surface area contributed by atoms with Crippen LogP contribution < -0.4 is 10.9 Å². The van der Waals surface area contributed by atoms with Crippen LogP contribution in [-0.4, -0.2) is 7.05 Å². The quantitative estimate of drug-likeness (QED) is 0.432. The number of rotatable bonds is 2. The monoisotopic (exact) mass is 151 g/mol. The van der Waals surface area contributed by atoms with Crippen molar-refractivity contribution >= 4 is 0 Å². The van der Waals surface area contributed by atoms with Gasteiger partial charge in [-0.2, -0.15) is 0 Å². The van der Waals surface area contributed by atoms with Gasteiger partial charge in [0.2, 0.25) is 0 Å². The van der Waals surface area contributed by atoms with Crippen LogP contribution in [0.3, 0.4) is 0 Å². The molecule has 1 aliphatic carbocycles. The number of hydrogen-bond donors (Lipinski definition) is 2. The minimum atomic E-state index is 0.544. The highest BCUT2D eigenvalue weighted by Gasteiger charge is 1.95. The Morgan fingerprint density at radius 2 is 2.27 bits per heavy atom. The Bertz CT molecular complexity index is 202. The lowest BCUT2D eigenvalue weighted by molar-refractivity contribution is -0.677. The molecule has 11 heavy (non-hydrogen) atoms. The van der Waals surface area contributed by atoms with Crippen molar-refractivity contribution in [1.82, 2.24) is 5.43 Å². The summed E-state index contributed by atoms with van der Waals surface area (Å²) in [5, 5.41) is 0. The second kappa shape index (κ2) is 3.98. The van der Waals surface area contributed by atoms with Crippen molar-refractivity contribution in [2.45, 2.75) is 6.92 Å². The van der Waals surface area contributed by atoms with Crippen LogP contribution in [0.5, 0.6) is 0 Å². The summed E-state index contributed by atoms with van der Waals surface area (Å²) in [7, 11) is 1.98. The van der Waals surface area contributed by atoms with Gasteiger partial charge in [0.25, 0.3) is 0 Å². The third-order valence-corrected chi connectivity index (χ3v) is 1.58. The van der Waals surface area contributed by atoms with Crippen molar-refractivity contribution in [2.24, 2.45) is 5.92 Å². The Balaban J connectivity index is 2.61. The summed E-state index contributed by atoms with van der Waals surface area (Å²) in [6, 6.07) is 0. The molecule has 1 rings (SSSR count). The van der Waals surface area contributed by atoms with Crippen LogP contribution in [0.25, 0.3) is 0 Å². The Morgan fingerprint density at radius 3 is 3.00 bits per heavy atom. The normalized spacial score (nSPS) is 22.7. The Hall–Kier alpha value is -1.02. The number of nitrogens with two attached hydrogens (primary N) is 1. The first-order valence-electron chi connectivity index (χ1n) is 3.94. The molecular weight excluding hydrogens is 136 g/mol. The van der Waals surface area contributed by atoms with Crippen LogP contribution in [0, 0.1) is 5.92 Å². The van der Waals surface area contributed by atoms with E-state index >= 15 is 0 Å². The molecule has 0 spiro atoms. The molecule has 0 aromatic heterocycles. The molecule has 0 amide bonds. The third kappa shape index (κ3) is 2.60. The van der Waals surface area contributed by atoms with Gasteiger partial charge >= 0.3 is 0 Å². The van der Waals surface area contributed by atoms with Gasteiger partial charge in [-0.1, -0.05) is 25.2 Å². The van der Waals surface area contributed by atoms with Crippen LogP contribution in [0.1, 0.15) is 6.92 Å². The summed E-state index contributed by atoms with van der Waals surface area (Å²) in [6.07, 6.45) is 10.6. The molecule has 1 aliphatic rings. The average molecular weight is 151 g/mol. The van der Waals surface area contributed by atoms with E-state index in [9.17, 15) is 0 Å². The number of hydrogen-bond acceptors (Lipinski definition) is 1. The molecule has 0 aromatic rings. The highest BCUT2D eigenvalue weighted by Crippen LogP contribution is 2.06. The first kappa shape index (κ1) is 8.08. The zero-order chi connectivity index (χ0) is 8.10. The van der Waals surface area contributed by atoms with E-state index in [0.717, 1.165) is 5.70 Å². The molecule has 1 unspecified atom stereocenters. The van der Waals surface area contributed by atoms with E-state index in [4.69, 9.17) is 0 Å². The maximum atomic E-state index is 3.14. The summed E-state index contributed by atoms with van der Waals surface area (Å²) in [5.74, 6) is 0.544. The molecule has 3 N–H and O–H groups in total. The van der Waals surface area contributed by atoms with E-state index in [1.807, 2.05) is 12.5 Å².